The van der Waals surface area contributed by atoms with Gasteiger partial charge in [-0.15, -0.1) is 0 Å². The molecule has 24 heavy (non-hydrogen) atoms. The first-order chi connectivity index (χ1) is 11.7. The van der Waals surface area contributed by atoms with E-state index in [1.807, 2.05) is 42.5 Å². The summed E-state index contributed by atoms with van der Waals surface area (Å²) in [6, 6.07) is 13.5. The Balaban J connectivity index is 1.89. The molecule has 5 heteroatoms. The van der Waals surface area contributed by atoms with Gasteiger partial charge in [0.2, 0.25) is 5.91 Å². The van der Waals surface area contributed by atoms with Gasteiger partial charge in [-0.05, 0) is 42.8 Å². The lowest BCUT2D eigenvalue weighted by Crippen LogP contribution is -2.39. The van der Waals surface area contributed by atoms with Crippen molar-refractivity contribution >= 4 is 11.6 Å². The lowest BCUT2D eigenvalue weighted by Gasteiger charge is -2.30. The second-order valence-electron chi connectivity index (χ2n) is 6.22. The highest BCUT2D eigenvalue weighted by molar-refractivity contribution is 6.07. The topological polar surface area (TPSA) is 59.6 Å². The molecule has 1 amide bonds. The van der Waals surface area contributed by atoms with Gasteiger partial charge in [0.05, 0.1) is 25.7 Å². The van der Waals surface area contributed by atoms with Gasteiger partial charge in [0.15, 0.2) is 0 Å². The van der Waals surface area contributed by atoms with E-state index in [0.29, 0.717) is 0 Å². The molecule has 5 nitrogen and oxygen atoms in total. The number of hydrogen-bond donors (Lipinski definition) is 2. The first-order valence-corrected chi connectivity index (χ1v) is 8.07. The van der Waals surface area contributed by atoms with Gasteiger partial charge in [-0.2, -0.15) is 0 Å². The first-order valence-electron chi connectivity index (χ1n) is 8.07. The normalized spacial score (nSPS) is 24.8. The van der Waals surface area contributed by atoms with Crippen molar-refractivity contribution in [2.75, 3.05) is 26.1 Å². The molecule has 2 aliphatic rings. The summed E-state index contributed by atoms with van der Waals surface area (Å²) in [5.74, 6) is 1.55. The van der Waals surface area contributed by atoms with Crippen LogP contribution >= 0.6 is 0 Å². The van der Waals surface area contributed by atoms with Gasteiger partial charge >= 0.3 is 0 Å². The highest BCUT2D eigenvalue weighted by atomic mass is 16.5. The second-order valence-corrected chi connectivity index (χ2v) is 6.22. The van der Waals surface area contributed by atoms with Crippen molar-refractivity contribution in [3.63, 3.8) is 0 Å². The molecule has 2 N–H and O–H groups in total. The molecule has 1 saturated heterocycles. The number of methoxy groups -OCH3 is 2. The van der Waals surface area contributed by atoms with Crippen LogP contribution in [-0.4, -0.2) is 26.7 Å². The van der Waals surface area contributed by atoms with Gasteiger partial charge in [0.25, 0.3) is 0 Å². The van der Waals surface area contributed by atoms with Gasteiger partial charge in [-0.1, -0.05) is 18.2 Å². The largest absolute Gasteiger partial charge is 0.497 e. The SMILES string of the molecule is COc1ccc(OC)c(C2NCCC23C(=O)Nc2ccccc23)c1. The maximum atomic E-state index is 13.0. The second kappa shape index (κ2) is 5.53. The number of anilines is 1. The van der Waals surface area contributed by atoms with Crippen molar-refractivity contribution in [1.29, 1.82) is 0 Å². The zero-order valence-electron chi connectivity index (χ0n) is 13.8. The minimum Gasteiger partial charge on any atom is -0.497 e. The summed E-state index contributed by atoms with van der Waals surface area (Å²) in [6.45, 7) is 0.771. The molecule has 0 aliphatic carbocycles. The standard InChI is InChI=1S/C19H20N2O3/c1-23-12-7-8-16(24-2)13(11-12)17-19(9-10-20-17)14-5-3-4-6-15(14)21-18(19)22/h3-8,11,17,20H,9-10H2,1-2H3,(H,21,22). The van der Waals surface area contributed by atoms with E-state index in [0.717, 1.165) is 41.3 Å². The molecule has 2 aliphatic heterocycles. The third kappa shape index (κ3) is 1.94. The maximum absolute atomic E-state index is 13.0. The lowest BCUT2D eigenvalue weighted by atomic mass is 9.72. The molecule has 0 bridgehead atoms. The fourth-order valence-electron chi connectivity index (χ4n) is 4.04. The van der Waals surface area contributed by atoms with Crippen LogP contribution in [0.1, 0.15) is 23.6 Å². The summed E-state index contributed by atoms with van der Waals surface area (Å²) in [4.78, 5) is 13.0. The zero-order chi connectivity index (χ0) is 16.7. The number of nitrogens with one attached hydrogen (secondary N) is 2. The lowest BCUT2D eigenvalue weighted by molar-refractivity contribution is -0.121. The molecule has 1 fully saturated rings. The minimum absolute atomic E-state index is 0.0450. The molecule has 2 atom stereocenters. The number of carbonyl (C=O) groups excluding carboxylic acids is 1. The van der Waals surface area contributed by atoms with Crippen molar-refractivity contribution < 1.29 is 14.3 Å². The highest BCUT2D eigenvalue weighted by Gasteiger charge is 2.55. The number of hydrogen-bond acceptors (Lipinski definition) is 4. The van der Waals surface area contributed by atoms with Crippen LogP contribution in [0.5, 0.6) is 11.5 Å². The summed E-state index contributed by atoms with van der Waals surface area (Å²) in [5, 5.41) is 6.55. The smallest absolute Gasteiger partial charge is 0.237 e. The molecule has 1 spiro atoms. The van der Waals surface area contributed by atoms with E-state index in [4.69, 9.17) is 9.47 Å². The van der Waals surface area contributed by atoms with E-state index in [1.165, 1.54) is 0 Å². The van der Waals surface area contributed by atoms with Gasteiger partial charge < -0.3 is 20.1 Å². The Hall–Kier alpha value is -2.53. The number of rotatable bonds is 3. The van der Waals surface area contributed by atoms with E-state index in [-0.39, 0.29) is 11.9 Å². The van der Waals surface area contributed by atoms with Crippen LogP contribution in [0.2, 0.25) is 0 Å². The van der Waals surface area contributed by atoms with Crippen molar-refractivity contribution in [3.05, 3.63) is 53.6 Å². The quantitative estimate of drug-likeness (QED) is 0.911. The Morgan fingerprint density at radius 1 is 1.12 bits per heavy atom. The summed E-state index contributed by atoms with van der Waals surface area (Å²) >= 11 is 0. The molecule has 2 unspecified atom stereocenters. The van der Waals surface area contributed by atoms with Crippen molar-refractivity contribution in [3.8, 4) is 11.5 Å². The van der Waals surface area contributed by atoms with Gasteiger partial charge in [0, 0.05) is 11.3 Å². The van der Waals surface area contributed by atoms with E-state index in [1.54, 1.807) is 14.2 Å². The van der Waals surface area contributed by atoms with Crippen LogP contribution in [0, 0.1) is 0 Å². The fraction of sp³-hybridized carbons (Fsp3) is 0.316. The molecular formula is C19H20N2O3. The van der Waals surface area contributed by atoms with Crippen molar-refractivity contribution in [1.82, 2.24) is 5.32 Å². The predicted octanol–water partition coefficient (Wildman–Crippen LogP) is 2.63. The summed E-state index contributed by atoms with van der Waals surface area (Å²) in [6.07, 6.45) is 0.751. The number of carbonyl (C=O) groups is 1. The van der Waals surface area contributed by atoms with Gasteiger partial charge in [-0.3, -0.25) is 4.79 Å². The van der Waals surface area contributed by atoms with Crippen LogP contribution in [0.15, 0.2) is 42.5 Å². The maximum Gasteiger partial charge on any atom is 0.237 e. The molecule has 2 aromatic carbocycles. The Bertz CT molecular complexity index is 805. The first kappa shape index (κ1) is 15.0. The number of amides is 1. The van der Waals surface area contributed by atoms with E-state index < -0.39 is 5.41 Å². The van der Waals surface area contributed by atoms with E-state index >= 15 is 0 Å². The van der Waals surface area contributed by atoms with Crippen LogP contribution < -0.4 is 20.1 Å². The molecular weight excluding hydrogens is 304 g/mol. The van der Waals surface area contributed by atoms with Crippen LogP contribution in [0.4, 0.5) is 5.69 Å². The van der Waals surface area contributed by atoms with Crippen molar-refractivity contribution in [2.24, 2.45) is 0 Å². The molecule has 0 aromatic heterocycles. The van der Waals surface area contributed by atoms with Crippen LogP contribution in [0.3, 0.4) is 0 Å². The average molecular weight is 324 g/mol. The Morgan fingerprint density at radius 3 is 2.75 bits per heavy atom. The highest BCUT2D eigenvalue weighted by Crippen LogP contribution is 2.52. The third-order valence-corrected chi connectivity index (χ3v) is 5.17. The molecule has 124 valence electrons. The number of ether oxygens (including phenoxy) is 2. The molecule has 0 saturated carbocycles. The predicted molar refractivity (Wildman–Crippen MR) is 91.7 cm³/mol. The number of para-hydroxylation sites is 1. The monoisotopic (exact) mass is 324 g/mol. The van der Waals surface area contributed by atoms with Gasteiger partial charge in [-0.25, -0.2) is 0 Å². The molecule has 4 rings (SSSR count). The molecule has 2 heterocycles. The van der Waals surface area contributed by atoms with E-state index in [9.17, 15) is 4.79 Å². The zero-order valence-corrected chi connectivity index (χ0v) is 13.8. The van der Waals surface area contributed by atoms with Gasteiger partial charge in [0.1, 0.15) is 11.5 Å². The molecule has 0 radical (unpaired) electrons. The summed E-state index contributed by atoms with van der Waals surface area (Å²) < 4.78 is 10.9. The summed E-state index contributed by atoms with van der Waals surface area (Å²) in [7, 11) is 3.29. The fourth-order valence-corrected chi connectivity index (χ4v) is 4.04. The van der Waals surface area contributed by atoms with Crippen molar-refractivity contribution in [2.45, 2.75) is 17.9 Å². The molecule has 2 aromatic rings. The Labute approximate surface area is 141 Å². The Morgan fingerprint density at radius 2 is 1.96 bits per heavy atom. The van der Waals surface area contributed by atoms with E-state index in [2.05, 4.69) is 10.6 Å². The number of benzene rings is 2. The van der Waals surface area contributed by atoms with Crippen LogP contribution in [-0.2, 0) is 10.2 Å². The minimum atomic E-state index is -0.615. The van der Waals surface area contributed by atoms with Crippen LogP contribution in [0.25, 0.3) is 0 Å². The number of fused-ring (bicyclic) bond motifs is 2. The average Bonchev–Trinajstić information content (AvgIpc) is 3.18. The third-order valence-electron chi connectivity index (χ3n) is 5.17. The Kier molecular flexibility index (Phi) is 3.46. The summed E-state index contributed by atoms with van der Waals surface area (Å²) in [5.41, 5.74) is 2.28.